The van der Waals surface area contributed by atoms with Crippen LogP contribution in [0.3, 0.4) is 0 Å². The number of hydrogen-bond acceptors (Lipinski definition) is 3. The van der Waals surface area contributed by atoms with E-state index in [2.05, 4.69) is 15.9 Å². The second kappa shape index (κ2) is 5.28. The van der Waals surface area contributed by atoms with Crippen LogP contribution in [0.2, 0.25) is 0 Å². The summed E-state index contributed by atoms with van der Waals surface area (Å²) in [6.45, 7) is 2.33. The summed E-state index contributed by atoms with van der Waals surface area (Å²) in [6.07, 6.45) is 2.05. The van der Waals surface area contributed by atoms with Gasteiger partial charge in [-0.1, -0.05) is 15.9 Å². The molecule has 0 aliphatic carbocycles. The maximum atomic E-state index is 11.3. The molecular weight excluding hydrogens is 243 g/mol. The lowest BCUT2D eigenvalue weighted by atomic mass is 10.3. The second-order valence-corrected chi connectivity index (χ2v) is 4.70. The Balaban J connectivity index is 2.31. The molecule has 0 radical (unpaired) electrons. The van der Waals surface area contributed by atoms with E-state index in [9.17, 15) is 4.57 Å². The Morgan fingerprint density at radius 1 is 1.67 bits per heavy atom. The van der Waals surface area contributed by atoms with Gasteiger partial charge >= 0.3 is 8.03 Å². The Morgan fingerprint density at radius 3 is 2.92 bits per heavy atom. The third kappa shape index (κ3) is 2.77. The molecule has 0 bridgehead atoms. The number of rotatable bonds is 4. The van der Waals surface area contributed by atoms with E-state index < -0.39 is 8.03 Å². The molecule has 1 saturated heterocycles. The Hall–Kier alpha value is 0.500. The van der Waals surface area contributed by atoms with Gasteiger partial charge in [0.05, 0.1) is 12.7 Å². The molecule has 0 amide bonds. The summed E-state index contributed by atoms with van der Waals surface area (Å²) < 4.78 is 21.7. The molecule has 1 rings (SSSR count). The van der Waals surface area contributed by atoms with E-state index in [0.29, 0.717) is 6.61 Å². The van der Waals surface area contributed by atoms with Crippen molar-refractivity contribution in [1.82, 2.24) is 0 Å². The van der Waals surface area contributed by atoms with Gasteiger partial charge in [-0.25, -0.2) is 0 Å². The van der Waals surface area contributed by atoms with Crippen molar-refractivity contribution in [2.75, 3.05) is 11.9 Å². The topological polar surface area (TPSA) is 35.5 Å². The maximum Gasteiger partial charge on any atom is 0.540 e. The molecule has 70 valence electrons. The molecule has 0 spiro atoms. The van der Waals surface area contributed by atoms with E-state index in [1.807, 2.05) is 6.92 Å². The fourth-order valence-corrected chi connectivity index (χ4v) is 2.69. The molecule has 1 heterocycles. The lowest BCUT2D eigenvalue weighted by molar-refractivity contribution is 0.0961. The third-order valence-electron chi connectivity index (χ3n) is 1.75. The molecule has 0 aromatic rings. The van der Waals surface area contributed by atoms with Crippen molar-refractivity contribution in [3.63, 3.8) is 0 Å². The zero-order chi connectivity index (χ0) is 8.97. The van der Waals surface area contributed by atoms with Crippen LogP contribution in [0.4, 0.5) is 0 Å². The highest BCUT2D eigenvalue weighted by Gasteiger charge is 2.40. The first-order valence-electron chi connectivity index (χ1n) is 4.08. The van der Waals surface area contributed by atoms with E-state index >= 15 is 0 Å². The molecule has 12 heavy (non-hydrogen) atoms. The standard InChI is InChI=1S/C7H13BrO3P/c1-2-10-12(9)7-4-3-6(5-8)11-7/h6-7H,2-5H2,1H3/q+1/t6-,7+/m0/s1. The summed E-state index contributed by atoms with van der Waals surface area (Å²) in [5, 5.41) is 0.818. The monoisotopic (exact) mass is 255 g/mol. The first-order valence-corrected chi connectivity index (χ1v) is 6.45. The first-order chi connectivity index (χ1) is 5.77. The average molecular weight is 256 g/mol. The summed E-state index contributed by atoms with van der Waals surface area (Å²) in [4.78, 5) is 0. The Labute approximate surface area is 81.8 Å². The summed E-state index contributed by atoms with van der Waals surface area (Å²) in [5.74, 6) is -0.178. The Bertz CT molecular complexity index is 165. The van der Waals surface area contributed by atoms with Crippen molar-refractivity contribution in [3.05, 3.63) is 0 Å². The predicted octanol–water partition coefficient (Wildman–Crippen LogP) is 2.67. The van der Waals surface area contributed by atoms with E-state index in [0.717, 1.165) is 18.2 Å². The zero-order valence-corrected chi connectivity index (χ0v) is 9.51. The van der Waals surface area contributed by atoms with Crippen LogP contribution < -0.4 is 0 Å². The molecule has 1 aliphatic rings. The summed E-state index contributed by atoms with van der Waals surface area (Å²) in [7, 11) is -1.61. The fourth-order valence-electron chi connectivity index (χ4n) is 1.17. The number of hydrogen-bond donors (Lipinski definition) is 0. The molecule has 3 nitrogen and oxygen atoms in total. The van der Waals surface area contributed by atoms with Gasteiger partial charge < -0.3 is 4.74 Å². The van der Waals surface area contributed by atoms with Gasteiger partial charge in [-0.2, -0.15) is 0 Å². The molecule has 1 unspecified atom stereocenters. The van der Waals surface area contributed by atoms with Crippen molar-refractivity contribution >= 4 is 24.0 Å². The summed E-state index contributed by atoms with van der Waals surface area (Å²) >= 11 is 3.33. The lowest BCUT2D eigenvalue weighted by Gasteiger charge is -2.02. The quantitative estimate of drug-likeness (QED) is 0.573. The summed E-state index contributed by atoms with van der Waals surface area (Å²) in [6, 6.07) is 0. The van der Waals surface area contributed by atoms with Crippen LogP contribution in [-0.2, 0) is 13.8 Å². The molecule has 0 N–H and O–H groups in total. The first kappa shape index (κ1) is 10.6. The van der Waals surface area contributed by atoms with Crippen LogP contribution in [0.25, 0.3) is 0 Å². The van der Waals surface area contributed by atoms with Crippen LogP contribution in [0.1, 0.15) is 19.8 Å². The molecule has 5 heteroatoms. The van der Waals surface area contributed by atoms with Crippen LogP contribution >= 0.6 is 24.0 Å². The molecule has 0 aromatic heterocycles. The van der Waals surface area contributed by atoms with Crippen LogP contribution in [0, 0.1) is 0 Å². The van der Waals surface area contributed by atoms with Gasteiger partial charge in [0.15, 0.2) is 0 Å². The van der Waals surface area contributed by atoms with Gasteiger partial charge in [0.2, 0.25) is 0 Å². The van der Waals surface area contributed by atoms with Crippen molar-refractivity contribution in [1.29, 1.82) is 0 Å². The van der Waals surface area contributed by atoms with Gasteiger partial charge in [-0.05, 0) is 17.9 Å². The zero-order valence-electron chi connectivity index (χ0n) is 7.03. The van der Waals surface area contributed by atoms with Gasteiger partial charge in [0.1, 0.15) is 0 Å². The number of alkyl halides is 1. The summed E-state index contributed by atoms with van der Waals surface area (Å²) in [5.41, 5.74) is 0. The third-order valence-corrected chi connectivity index (χ3v) is 3.83. The lowest BCUT2D eigenvalue weighted by Crippen LogP contribution is -2.09. The average Bonchev–Trinajstić information content (AvgIpc) is 2.52. The van der Waals surface area contributed by atoms with E-state index in [-0.39, 0.29) is 11.9 Å². The molecule has 3 atom stereocenters. The highest BCUT2D eigenvalue weighted by atomic mass is 79.9. The number of ether oxygens (including phenoxy) is 1. The normalized spacial score (nSPS) is 30.7. The number of halogens is 1. The van der Waals surface area contributed by atoms with Gasteiger partial charge in [0.25, 0.3) is 5.85 Å². The maximum absolute atomic E-state index is 11.3. The smallest absolute Gasteiger partial charge is 0.328 e. The fraction of sp³-hybridized carbons (Fsp3) is 1.00. The minimum absolute atomic E-state index is 0.178. The Morgan fingerprint density at radius 2 is 2.42 bits per heavy atom. The second-order valence-electron chi connectivity index (χ2n) is 2.65. The molecule has 0 aromatic carbocycles. The van der Waals surface area contributed by atoms with E-state index in [1.54, 1.807) is 0 Å². The van der Waals surface area contributed by atoms with Crippen LogP contribution in [0.5, 0.6) is 0 Å². The van der Waals surface area contributed by atoms with Crippen molar-refractivity contribution < 1.29 is 13.8 Å². The molecule has 1 aliphatic heterocycles. The largest absolute Gasteiger partial charge is 0.540 e. The minimum Gasteiger partial charge on any atom is -0.328 e. The highest BCUT2D eigenvalue weighted by molar-refractivity contribution is 9.09. The van der Waals surface area contributed by atoms with E-state index in [1.165, 1.54) is 0 Å². The van der Waals surface area contributed by atoms with E-state index in [4.69, 9.17) is 9.26 Å². The molecular formula is C7H13BrO3P+. The van der Waals surface area contributed by atoms with Crippen LogP contribution in [-0.4, -0.2) is 23.9 Å². The van der Waals surface area contributed by atoms with Gasteiger partial charge in [0, 0.05) is 11.8 Å². The van der Waals surface area contributed by atoms with Gasteiger partial charge in [-0.15, -0.1) is 4.52 Å². The highest BCUT2D eigenvalue weighted by Crippen LogP contribution is 2.39. The van der Waals surface area contributed by atoms with Gasteiger partial charge in [-0.3, -0.25) is 0 Å². The Kier molecular flexibility index (Phi) is 4.65. The van der Waals surface area contributed by atoms with Crippen molar-refractivity contribution in [3.8, 4) is 0 Å². The van der Waals surface area contributed by atoms with Crippen molar-refractivity contribution in [2.45, 2.75) is 31.7 Å². The predicted molar refractivity (Wildman–Crippen MR) is 50.9 cm³/mol. The minimum atomic E-state index is -1.61. The molecule has 0 saturated carbocycles. The van der Waals surface area contributed by atoms with Crippen molar-refractivity contribution in [2.24, 2.45) is 0 Å². The van der Waals surface area contributed by atoms with Crippen LogP contribution in [0.15, 0.2) is 0 Å². The SMILES string of the molecule is CCO[P+](=O)[C@@H]1CC[C@@H](CBr)O1. The molecule has 1 fully saturated rings.